The SMILES string of the molecule is CC(NC(=O)Nc1cc2[nH]nc(NS(=O)(=O)C3CC3)c2cn1)c1ccccc1. The number of aromatic amines is 1. The number of amides is 2. The molecule has 4 rings (SSSR count). The lowest BCUT2D eigenvalue weighted by Gasteiger charge is -2.14. The third-order valence-corrected chi connectivity index (χ3v) is 6.37. The number of aromatic nitrogens is 3. The van der Waals surface area contributed by atoms with Gasteiger partial charge < -0.3 is 5.32 Å². The minimum Gasteiger partial charge on any atom is -0.331 e. The molecule has 0 spiro atoms. The lowest BCUT2D eigenvalue weighted by atomic mass is 10.1. The fraction of sp³-hybridized carbons (Fsp3) is 0.278. The normalized spacial score (nSPS) is 15.2. The summed E-state index contributed by atoms with van der Waals surface area (Å²) in [5.41, 5.74) is 1.55. The summed E-state index contributed by atoms with van der Waals surface area (Å²) in [7, 11) is -3.41. The molecular weight excluding hydrogens is 380 g/mol. The molecule has 28 heavy (non-hydrogen) atoms. The molecule has 2 aromatic heterocycles. The van der Waals surface area contributed by atoms with Crippen molar-refractivity contribution in [2.24, 2.45) is 0 Å². The van der Waals surface area contributed by atoms with Crippen molar-refractivity contribution >= 4 is 38.6 Å². The Balaban J connectivity index is 1.44. The molecule has 0 bridgehead atoms. The molecule has 2 heterocycles. The van der Waals surface area contributed by atoms with E-state index in [2.05, 4.69) is 30.5 Å². The van der Waals surface area contributed by atoms with E-state index < -0.39 is 16.1 Å². The first-order valence-electron chi connectivity index (χ1n) is 8.90. The van der Waals surface area contributed by atoms with Gasteiger partial charge in [-0.05, 0) is 25.3 Å². The van der Waals surface area contributed by atoms with Gasteiger partial charge >= 0.3 is 6.03 Å². The molecule has 0 aliphatic heterocycles. The highest BCUT2D eigenvalue weighted by Gasteiger charge is 2.36. The molecule has 1 atom stereocenters. The molecule has 1 aromatic carbocycles. The predicted octanol–water partition coefficient (Wildman–Crippen LogP) is 2.74. The van der Waals surface area contributed by atoms with E-state index in [0.29, 0.717) is 29.6 Å². The molecule has 4 N–H and O–H groups in total. The Kier molecular flexibility index (Phi) is 4.63. The molecule has 9 nitrogen and oxygen atoms in total. The van der Waals surface area contributed by atoms with Crippen LogP contribution in [-0.4, -0.2) is 34.9 Å². The van der Waals surface area contributed by atoms with Gasteiger partial charge in [0.15, 0.2) is 5.82 Å². The van der Waals surface area contributed by atoms with E-state index >= 15 is 0 Å². The largest absolute Gasteiger partial charge is 0.331 e. The number of H-pyrrole nitrogens is 1. The van der Waals surface area contributed by atoms with Crippen molar-refractivity contribution in [1.82, 2.24) is 20.5 Å². The Morgan fingerprint density at radius 2 is 2.00 bits per heavy atom. The van der Waals surface area contributed by atoms with Crippen molar-refractivity contribution in [1.29, 1.82) is 0 Å². The number of nitrogens with one attached hydrogen (secondary N) is 4. The second kappa shape index (κ2) is 7.12. The van der Waals surface area contributed by atoms with Crippen molar-refractivity contribution in [3.8, 4) is 0 Å². The molecule has 2 amide bonds. The number of nitrogens with zero attached hydrogens (tertiary/aromatic N) is 2. The summed E-state index contributed by atoms with van der Waals surface area (Å²) < 4.78 is 26.7. The summed E-state index contributed by atoms with van der Waals surface area (Å²) in [6, 6.07) is 10.7. The minimum absolute atomic E-state index is 0.166. The van der Waals surface area contributed by atoms with E-state index in [4.69, 9.17) is 0 Å². The van der Waals surface area contributed by atoms with Gasteiger partial charge in [-0.25, -0.2) is 18.2 Å². The minimum atomic E-state index is -3.41. The summed E-state index contributed by atoms with van der Waals surface area (Å²) in [4.78, 5) is 16.4. The van der Waals surface area contributed by atoms with Crippen LogP contribution in [0.2, 0.25) is 0 Å². The monoisotopic (exact) mass is 400 g/mol. The number of fused-ring (bicyclic) bond motifs is 1. The summed E-state index contributed by atoms with van der Waals surface area (Å²) in [5, 5.41) is 12.5. The Morgan fingerprint density at radius 1 is 1.25 bits per heavy atom. The van der Waals surface area contributed by atoms with E-state index in [1.807, 2.05) is 37.3 Å². The van der Waals surface area contributed by atoms with E-state index in [9.17, 15) is 13.2 Å². The zero-order valence-electron chi connectivity index (χ0n) is 15.1. The van der Waals surface area contributed by atoms with Gasteiger partial charge in [-0.3, -0.25) is 15.1 Å². The standard InChI is InChI=1S/C18H20N6O3S/c1-11(12-5-3-2-4-6-12)20-18(25)21-16-9-15-14(10-19-16)17(23-22-15)24-28(26,27)13-7-8-13/h2-6,9-11,13H,7-8H2,1H3,(H2,22,23,24)(H2,19,20,21,25). The summed E-state index contributed by atoms with van der Waals surface area (Å²) in [5.74, 6) is 0.536. The first-order chi connectivity index (χ1) is 13.4. The Hall–Kier alpha value is -3.14. The maximum atomic E-state index is 12.2. The van der Waals surface area contributed by atoms with Crippen molar-refractivity contribution in [3.05, 3.63) is 48.2 Å². The number of benzene rings is 1. The van der Waals surface area contributed by atoms with Crippen LogP contribution in [0.25, 0.3) is 10.9 Å². The predicted molar refractivity (Wildman–Crippen MR) is 106 cm³/mol. The van der Waals surface area contributed by atoms with Crippen LogP contribution in [0.15, 0.2) is 42.6 Å². The topological polar surface area (TPSA) is 129 Å². The van der Waals surface area contributed by atoms with Gasteiger partial charge in [-0.15, -0.1) is 0 Å². The fourth-order valence-electron chi connectivity index (χ4n) is 2.83. The molecule has 1 fully saturated rings. The van der Waals surface area contributed by atoms with Crippen molar-refractivity contribution in [2.75, 3.05) is 10.0 Å². The number of sulfonamides is 1. The number of carbonyl (C=O) groups is 1. The summed E-state index contributed by atoms with van der Waals surface area (Å²) >= 11 is 0. The molecule has 146 valence electrons. The van der Waals surface area contributed by atoms with Crippen LogP contribution in [0, 0.1) is 0 Å². The highest BCUT2D eigenvalue weighted by atomic mass is 32.2. The number of rotatable bonds is 6. The van der Waals surface area contributed by atoms with Crippen LogP contribution in [0.5, 0.6) is 0 Å². The van der Waals surface area contributed by atoms with E-state index in [1.165, 1.54) is 6.20 Å². The van der Waals surface area contributed by atoms with E-state index in [0.717, 1.165) is 5.56 Å². The molecule has 1 saturated carbocycles. The van der Waals surface area contributed by atoms with Crippen LogP contribution in [0.3, 0.4) is 0 Å². The summed E-state index contributed by atoms with van der Waals surface area (Å²) in [6.45, 7) is 1.89. The van der Waals surface area contributed by atoms with Gasteiger partial charge in [0.2, 0.25) is 10.0 Å². The average Bonchev–Trinajstić information content (AvgIpc) is 3.46. The van der Waals surface area contributed by atoms with E-state index in [-0.39, 0.29) is 17.1 Å². The van der Waals surface area contributed by atoms with Crippen LogP contribution in [0.4, 0.5) is 16.4 Å². The molecule has 3 aromatic rings. The van der Waals surface area contributed by atoms with Gasteiger partial charge in [-0.1, -0.05) is 30.3 Å². The quantitative estimate of drug-likeness (QED) is 0.506. The molecule has 1 unspecified atom stereocenters. The van der Waals surface area contributed by atoms with Crippen molar-refractivity contribution in [3.63, 3.8) is 0 Å². The van der Waals surface area contributed by atoms with Crippen LogP contribution in [-0.2, 0) is 10.0 Å². The zero-order chi connectivity index (χ0) is 19.7. The Bertz CT molecular complexity index is 1110. The first kappa shape index (κ1) is 18.2. The van der Waals surface area contributed by atoms with Crippen molar-refractivity contribution in [2.45, 2.75) is 31.1 Å². The van der Waals surface area contributed by atoms with Crippen LogP contribution in [0.1, 0.15) is 31.4 Å². The number of urea groups is 1. The number of hydrogen-bond donors (Lipinski definition) is 4. The van der Waals surface area contributed by atoms with Gasteiger partial charge in [0, 0.05) is 12.3 Å². The average molecular weight is 400 g/mol. The number of pyridine rings is 1. The third kappa shape index (κ3) is 3.91. The molecule has 1 aliphatic carbocycles. The molecule has 1 aliphatic rings. The molecule has 10 heteroatoms. The summed E-state index contributed by atoms with van der Waals surface area (Å²) in [6.07, 6.45) is 2.81. The van der Waals surface area contributed by atoms with Gasteiger partial charge in [0.25, 0.3) is 0 Å². The zero-order valence-corrected chi connectivity index (χ0v) is 16.0. The van der Waals surface area contributed by atoms with Gasteiger partial charge in [0.1, 0.15) is 5.82 Å². The Morgan fingerprint density at radius 3 is 2.71 bits per heavy atom. The smallest absolute Gasteiger partial charge is 0.320 e. The molecule has 0 saturated heterocycles. The fourth-order valence-corrected chi connectivity index (χ4v) is 4.18. The van der Waals surface area contributed by atoms with Crippen LogP contribution >= 0.6 is 0 Å². The molecular formula is C18H20N6O3S. The van der Waals surface area contributed by atoms with Gasteiger partial charge in [-0.2, -0.15) is 5.10 Å². The number of anilines is 2. The third-order valence-electron chi connectivity index (χ3n) is 4.54. The Labute approximate surface area is 162 Å². The second-order valence-electron chi connectivity index (χ2n) is 6.76. The highest BCUT2D eigenvalue weighted by molar-refractivity contribution is 7.93. The number of hydrogen-bond acceptors (Lipinski definition) is 5. The lowest BCUT2D eigenvalue weighted by Crippen LogP contribution is -2.31. The number of carbonyl (C=O) groups excluding carboxylic acids is 1. The maximum absolute atomic E-state index is 12.2. The van der Waals surface area contributed by atoms with Crippen molar-refractivity contribution < 1.29 is 13.2 Å². The maximum Gasteiger partial charge on any atom is 0.320 e. The lowest BCUT2D eigenvalue weighted by molar-refractivity contribution is 0.249. The van der Waals surface area contributed by atoms with Crippen LogP contribution < -0.4 is 15.4 Å². The highest BCUT2D eigenvalue weighted by Crippen LogP contribution is 2.31. The van der Waals surface area contributed by atoms with Gasteiger partial charge in [0.05, 0.1) is 22.2 Å². The van der Waals surface area contributed by atoms with E-state index in [1.54, 1.807) is 6.07 Å². The molecule has 0 radical (unpaired) electrons. The second-order valence-corrected chi connectivity index (χ2v) is 8.73. The first-order valence-corrected chi connectivity index (χ1v) is 10.5.